The summed E-state index contributed by atoms with van der Waals surface area (Å²) in [6, 6.07) is 12.6. The number of carbonyl (C=O) groups is 2. The van der Waals surface area contributed by atoms with E-state index in [1.54, 1.807) is 28.0 Å². The molecule has 1 unspecified atom stereocenters. The summed E-state index contributed by atoms with van der Waals surface area (Å²) in [5.41, 5.74) is 0.979. The van der Waals surface area contributed by atoms with Gasteiger partial charge in [0.2, 0.25) is 0 Å². The van der Waals surface area contributed by atoms with Crippen molar-refractivity contribution in [3.8, 4) is 22.6 Å². The van der Waals surface area contributed by atoms with Crippen molar-refractivity contribution in [3.05, 3.63) is 83.2 Å². The second-order valence-corrected chi connectivity index (χ2v) is 9.58. The van der Waals surface area contributed by atoms with E-state index >= 15 is 4.39 Å². The zero-order chi connectivity index (χ0) is 27.7. The molecule has 2 aliphatic heterocycles. The standard InChI is InChI=1S/C29H28F3N3O4/c1-38-22-14-24(27(32)26(15-22)39-2)29(37)35-12-10-33-9-11-34(16-21(33)17-35)28(36)23-8-5-19(13-25(23)31)18-3-6-20(30)7-4-18/h3-8,13-15,21H,9-12,16-17H2,1-2H3. The molecule has 0 spiro atoms. The summed E-state index contributed by atoms with van der Waals surface area (Å²) in [5.74, 6) is -2.52. The summed E-state index contributed by atoms with van der Waals surface area (Å²) in [5, 5.41) is 0. The average molecular weight is 540 g/mol. The maximum atomic E-state index is 15.0. The van der Waals surface area contributed by atoms with Gasteiger partial charge in [0.1, 0.15) is 17.4 Å². The van der Waals surface area contributed by atoms with Crippen molar-refractivity contribution in [1.82, 2.24) is 14.7 Å². The minimum atomic E-state index is -0.759. The molecule has 2 saturated heterocycles. The minimum absolute atomic E-state index is 0.0522. The van der Waals surface area contributed by atoms with E-state index in [0.29, 0.717) is 49.6 Å². The molecule has 0 aliphatic carbocycles. The van der Waals surface area contributed by atoms with Crippen LogP contribution in [0.5, 0.6) is 11.5 Å². The van der Waals surface area contributed by atoms with E-state index in [9.17, 15) is 18.4 Å². The summed E-state index contributed by atoms with van der Waals surface area (Å²) in [6.07, 6.45) is 0. The van der Waals surface area contributed by atoms with Crippen LogP contribution in [0.1, 0.15) is 20.7 Å². The fourth-order valence-corrected chi connectivity index (χ4v) is 5.17. The molecular formula is C29H28F3N3O4. The monoisotopic (exact) mass is 539 g/mol. The van der Waals surface area contributed by atoms with Gasteiger partial charge in [0.05, 0.1) is 25.3 Å². The summed E-state index contributed by atoms with van der Waals surface area (Å²) in [7, 11) is 2.74. The molecule has 0 N–H and O–H groups in total. The molecule has 3 aromatic rings. The Balaban J connectivity index is 1.30. The molecule has 2 aliphatic rings. The third kappa shape index (κ3) is 5.29. The number of piperazine rings is 2. The van der Waals surface area contributed by atoms with E-state index in [1.807, 2.05) is 0 Å². The highest BCUT2D eigenvalue weighted by atomic mass is 19.1. The van der Waals surface area contributed by atoms with Gasteiger partial charge in [-0.15, -0.1) is 0 Å². The number of nitrogens with zero attached hydrogens (tertiary/aromatic N) is 3. The van der Waals surface area contributed by atoms with Gasteiger partial charge in [-0.05, 0) is 41.5 Å². The summed E-state index contributed by atoms with van der Waals surface area (Å²) < 4.78 is 53.4. The van der Waals surface area contributed by atoms with E-state index in [2.05, 4.69) is 4.90 Å². The lowest BCUT2D eigenvalue weighted by Crippen LogP contribution is -2.63. The molecule has 0 aromatic heterocycles. The molecule has 2 amide bonds. The van der Waals surface area contributed by atoms with Crippen LogP contribution in [-0.2, 0) is 0 Å². The second kappa shape index (κ2) is 11.0. The molecule has 39 heavy (non-hydrogen) atoms. The third-order valence-corrected chi connectivity index (χ3v) is 7.34. The molecule has 2 heterocycles. The number of halogens is 3. The fourth-order valence-electron chi connectivity index (χ4n) is 5.17. The minimum Gasteiger partial charge on any atom is -0.497 e. The van der Waals surface area contributed by atoms with Gasteiger partial charge >= 0.3 is 0 Å². The number of carbonyl (C=O) groups excluding carboxylic acids is 2. The molecule has 204 valence electrons. The molecule has 7 nitrogen and oxygen atoms in total. The molecule has 0 bridgehead atoms. The lowest BCUT2D eigenvalue weighted by molar-refractivity contribution is 0.0128. The van der Waals surface area contributed by atoms with E-state index < -0.39 is 23.4 Å². The average Bonchev–Trinajstić information content (AvgIpc) is 2.96. The lowest BCUT2D eigenvalue weighted by Gasteiger charge is -2.47. The zero-order valence-electron chi connectivity index (χ0n) is 21.6. The Hall–Kier alpha value is -4.05. The highest BCUT2D eigenvalue weighted by molar-refractivity contribution is 5.96. The normalized spacial score (nSPS) is 17.5. The molecule has 0 saturated carbocycles. The van der Waals surface area contributed by atoms with Gasteiger partial charge in [0.25, 0.3) is 11.8 Å². The number of hydrogen-bond acceptors (Lipinski definition) is 5. The number of fused-ring (bicyclic) bond motifs is 1. The van der Waals surface area contributed by atoms with Crippen molar-refractivity contribution in [3.63, 3.8) is 0 Å². The predicted molar refractivity (Wildman–Crippen MR) is 138 cm³/mol. The first kappa shape index (κ1) is 26.6. The van der Waals surface area contributed by atoms with Gasteiger partial charge in [0, 0.05) is 51.4 Å². The second-order valence-electron chi connectivity index (χ2n) is 9.58. The Labute approximate surface area is 224 Å². The molecule has 2 fully saturated rings. The van der Waals surface area contributed by atoms with E-state index in [4.69, 9.17) is 9.47 Å². The summed E-state index contributed by atoms with van der Waals surface area (Å²) in [4.78, 5) is 31.9. The molecule has 0 radical (unpaired) electrons. The maximum absolute atomic E-state index is 15.0. The Morgan fingerprint density at radius 1 is 0.744 bits per heavy atom. The SMILES string of the molecule is COc1cc(OC)c(F)c(C(=O)N2CCN3CCN(C(=O)c4ccc(-c5ccc(F)cc5)cc4F)CC3C2)c1. The van der Waals surface area contributed by atoms with Gasteiger partial charge in [-0.2, -0.15) is 0 Å². The van der Waals surface area contributed by atoms with Crippen LogP contribution >= 0.6 is 0 Å². The van der Waals surface area contributed by atoms with Crippen molar-refractivity contribution >= 4 is 11.8 Å². The predicted octanol–water partition coefficient (Wildman–Crippen LogP) is 4.07. The van der Waals surface area contributed by atoms with Crippen LogP contribution in [0.2, 0.25) is 0 Å². The van der Waals surface area contributed by atoms with Crippen LogP contribution in [-0.4, -0.2) is 86.0 Å². The van der Waals surface area contributed by atoms with Crippen LogP contribution in [0.25, 0.3) is 11.1 Å². The van der Waals surface area contributed by atoms with Gasteiger partial charge in [-0.3, -0.25) is 14.5 Å². The maximum Gasteiger partial charge on any atom is 0.257 e. The molecule has 5 rings (SSSR count). The fraction of sp³-hybridized carbons (Fsp3) is 0.310. The summed E-state index contributed by atoms with van der Waals surface area (Å²) in [6.45, 7) is 2.56. The quantitative estimate of drug-likeness (QED) is 0.489. The van der Waals surface area contributed by atoms with Gasteiger partial charge < -0.3 is 19.3 Å². The zero-order valence-corrected chi connectivity index (χ0v) is 21.6. The number of benzene rings is 3. The Morgan fingerprint density at radius 3 is 1.95 bits per heavy atom. The van der Waals surface area contributed by atoms with Gasteiger partial charge in [-0.1, -0.05) is 18.2 Å². The first-order valence-electron chi connectivity index (χ1n) is 12.6. The Kier molecular flexibility index (Phi) is 7.47. The molecular weight excluding hydrogens is 511 g/mol. The third-order valence-electron chi connectivity index (χ3n) is 7.34. The number of ether oxygens (including phenoxy) is 2. The van der Waals surface area contributed by atoms with E-state index in [0.717, 1.165) is 0 Å². The first-order chi connectivity index (χ1) is 18.8. The van der Waals surface area contributed by atoms with Crippen molar-refractivity contribution < 1.29 is 32.2 Å². The smallest absolute Gasteiger partial charge is 0.257 e. The Morgan fingerprint density at radius 2 is 1.36 bits per heavy atom. The largest absolute Gasteiger partial charge is 0.497 e. The highest BCUT2D eigenvalue weighted by Gasteiger charge is 2.37. The van der Waals surface area contributed by atoms with Gasteiger partial charge in [0.15, 0.2) is 11.6 Å². The first-order valence-corrected chi connectivity index (χ1v) is 12.6. The van der Waals surface area contributed by atoms with Crippen LogP contribution in [0.15, 0.2) is 54.6 Å². The number of amides is 2. The number of rotatable bonds is 5. The summed E-state index contributed by atoms with van der Waals surface area (Å²) >= 11 is 0. The molecule has 1 atom stereocenters. The topological polar surface area (TPSA) is 62.3 Å². The van der Waals surface area contributed by atoms with Crippen LogP contribution in [0, 0.1) is 17.5 Å². The number of methoxy groups -OCH3 is 2. The Bertz CT molecular complexity index is 1400. The molecule has 10 heteroatoms. The van der Waals surface area contributed by atoms with Crippen LogP contribution in [0.4, 0.5) is 13.2 Å². The van der Waals surface area contributed by atoms with Gasteiger partial charge in [-0.25, -0.2) is 13.2 Å². The lowest BCUT2D eigenvalue weighted by atomic mass is 10.0. The number of hydrogen-bond donors (Lipinski definition) is 0. The van der Waals surface area contributed by atoms with Crippen molar-refractivity contribution in [1.29, 1.82) is 0 Å². The van der Waals surface area contributed by atoms with Crippen LogP contribution < -0.4 is 9.47 Å². The van der Waals surface area contributed by atoms with Crippen LogP contribution in [0.3, 0.4) is 0 Å². The van der Waals surface area contributed by atoms with Crippen molar-refractivity contribution in [2.24, 2.45) is 0 Å². The van der Waals surface area contributed by atoms with E-state index in [-0.39, 0.29) is 35.3 Å². The van der Waals surface area contributed by atoms with Crippen molar-refractivity contribution in [2.75, 3.05) is 53.5 Å². The molecule has 3 aromatic carbocycles. The van der Waals surface area contributed by atoms with E-state index in [1.165, 1.54) is 50.6 Å². The van der Waals surface area contributed by atoms with Crippen molar-refractivity contribution in [2.45, 2.75) is 6.04 Å². The highest BCUT2D eigenvalue weighted by Crippen LogP contribution is 2.29.